The summed E-state index contributed by atoms with van der Waals surface area (Å²) < 4.78 is 0. The third kappa shape index (κ3) is 5.85. The second-order valence-corrected chi connectivity index (χ2v) is 7.56. The molecule has 1 aliphatic carbocycles. The van der Waals surface area contributed by atoms with Gasteiger partial charge in [0.15, 0.2) is 13.1 Å². The van der Waals surface area contributed by atoms with Crippen molar-refractivity contribution in [2.24, 2.45) is 5.92 Å². The van der Waals surface area contributed by atoms with Crippen molar-refractivity contribution < 1.29 is 14.5 Å². The Morgan fingerprint density at radius 2 is 1.68 bits per heavy atom. The summed E-state index contributed by atoms with van der Waals surface area (Å²) in [5, 5.41) is 6.13. The quantitative estimate of drug-likeness (QED) is 0.730. The Hall–Kier alpha value is -1.88. The zero-order valence-electron chi connectivity index (χ0n) is 15.9. The number of carbonyl (C=O) groups excluding carboxylic acids is 2. The third-order valence-electron chi connectivity index (χ3n) is 5.13. The molecule has 0 aromatic heterocycles. The van der Waals surface area contributed by atoms with E-state index in [9.17, 15) is 9.59 Å². The van der Waals surface area contributed by atoms with Crippen molar-refractivity contribution in [1.82, 2.24) is 5.32 Å². The lowest BCUT2D eigenvalue weighted by atomic mass is 9.86. The van der Waals surface area contributed by atoms with E-state index in [1.54, 1.807) is 0 Å². The fourth-order valence-corrected chi connectivity index (χ4v) is 3.59. The number of amides is 2. The van der Waals surface area contributed by atoms with Crippen molar-refractivity contribution in [2.45, 2.75) is 52.5 Å². The maximum absolute atomic E-state index is 12.3. The van der Waals surface area contributed by atoms with Crippen LogP contribution in [0.3, 0.4) is 0 Å². The molecule has 25 heavy (non-hydrogen) atoms. The number of anilines is 1. The zero-order chi connectivity index (χ0) is 18.4. The highest BCUT2D eigenvalue weighted by atomic mass is 16.2. The average Bonchev–Trinajstić information content (AvgIpc) is 2.53. The van der Waals surface area contributed by atoms with Gasteiger partial charge in [0.25, 0.3) is 11.8 Å². The van der Waals surface area contributed by atoms with E-state index in [0.717, 1.165) is 28.1 Å². The number of carbonyl (C=O) groups is 2. The second kappa shape index (κ2) is 8.99. The highest BCUT2D eigenvalue weighted by Gasteiger charge is 2.24. The number of nitrogens with one attached hydrogen (secondary N) is 3. The van der Waals surface area contributed by atoms with Gasteiger partial charge in [-0.25, -0.2) is 0 Å². The van der Waals surface area contributed by atoms with Gasteiger partial charge < -0.3 is 15.5 Å². The van der Waals surface area contributed by atoms with Gasteiger partial charge >= 0.3 is 0 Å². The van der Waals surface area contributed by atoms with E-state index in [1.807, 2.05) is 39.1 Å². The number of aryl methyl sites for hydroxylation is 2. The molecule has 0 radical (unpaired) electrons. The molecule has 3 atom stereocenters. The lowest BCUT2D eigenvalue weighted by Crippen LogP contribution is -3.11. The molecular formula is C20H32N3O2+. The van der Waals surface area contributed by atoms with Crippen LogP contribution in [-0.2, 0) is 9.59 Å². The Morgan fingerprint density at radius 3 is 2.32 bits per heavy atom. The maximum atomic E-state index is 12.3. The van der Waals surface area contributed by atoms with Crippen LogP contribution >= 0.6 is 0 Å². The fraction of sp³-hybridized carbons (Fsp3) is 0.600. The molecule has 5 nitrogen and oxygen atoms in total. The van der Waals surface area contributed by atoms with Gasteiger partial charge in [-0.1, -0.05) is 38.0 Å². The van der Waals surface area contributed by atoms with Crippen molar-refractivity contribution in [3.8, 4) is 0 Å². The van der Waals surface area contributed by atoms with E-state index in [-0.39, 0.29) is 24.4 Å². The van der Waals surface area contributed by atoms with E-state index >= 15 is 0 Å². The van der Waals surface area contributed by atoms with Gasteiger partial charge in [-0.05, 0) is 43.7 Å². The van der Waals surface area contributed by atoms with Crippen molar-refractivity contribution in [3.63, 3.8) is 0 Å². The Balaban J connectivity index is 1.80. The number of quaternary nitrogens is 1. The van der Waals surface area contributed by atoms with Gasteiger partial charge in [-0.15, -0.1) is 0 Å². The van der Waals surface area contributed by atoms with Crippen LogP contribution in [0.4, 0.5) is 5.69 Å². The standard InChI is InChI=1S/C20H31N3O2/c1-14-8-5-6-11-17(14)21-18(24)12-23(4)13-19(25)22-20-15(2)9-7-10-16(20)3/h7,9-10,14,17H,5-6,8,11-13H2,1-4H3,(H,21,24)(H,22,25)/p+1/t14-,17-/m0/s1. The molecule has 1 saturated carbocycles. The molecule has 1 aromatic rings. The Bertz CT molecular complexity index is 595. The molecule has 1 aromatic carbocycles. The van der Waals surface area contributed by atoms with Crippen LogP contribution in [0, 0.1) is 19.8 Å². The van der Waals surface area contributed by atoms with Crippen LogP contribution in [0.25, 0.3) is 0 Å². The molecule has 0 saturated heterocycles. The minimum atomic E-state index is -0.0614. The van der Waals surface area contributed by atoms with Crippen LogP contribution in [0.5, 0.6) is 0 Å². The van der Waals surface area contributed by atoms with Crippen LogP contribution in [0.15, 0.2) is 18.2 Å². The minimum absolute atomic E-state index is 0.0381. The minimum Gasteiger partial charge on any atom is -0.348 e. The van der Waals surface area contributed by atoms with Gasteiger partial charge in [0.2, 0.25) is 0 Å². The maximum Gasteiger partial charge on any atom is 0.279 e. The molecule has 0 heterocycles. The largest absolute Gasteiger partial charge is 0.348 e. The van der Waals surface area contributed by atoms with Crippen molar-refractivity contribution >= 4 is 17.5 Å². The Morgan fingerprint density at radius 1 is 1.08 bits per heavy atom. The molecule has 0 bridgehead atoms. The lowest BCUT2D eigenvalue weighted by molar-refractivity contribution is -0.862. The first kappa shape index (κ1) is 19.4. The normalized spacial score (nSPS) is 21.4. The van der Waals surface area contributed by atoms with Crippen LogP contribution < -0.4 is 15.5 Å². The van der Waals surface area contributed by atoms with Crippen molar-refractivity contribution in [3.05, 3.63) is 29.3 Å². The van der Waals surface area contributed by atoms with Crippen LogP contribution in [0.2, 0.25) is 0 Å². The highest BCUT2D eigenvalue weighted by Crippen LogP contribution is 2.23. The number of likely N-dealkylation sites (N-methyl/N-ethyl adjacent to an activating group) is 1. The summed E-state index contributed by atoms with van der Waals surface area (Å²) in [4.78, 5) is 25.4. The molecule has 1 fully saturated rings. The molecule has 138 valence electrons. The summed E-state index contributed by atoms with van der Waals surface area (Å²) in [7, 11) is 1.88. The van der Waals surface area contributed by atoms with Crippen molar-refractivity contribution in [1.29, 1.82) is 0 Å². The number of hydrogen-bond acceptors (Lipinski definition) is 2. The highest BCUT2D eigenvalue weighted by molar-refractivity contribution is 5.93. The molecule has 1 aliphatic rings. The summed E-state index contributed by atoms with van der Waals surface area (Å²) in [6, 6.07) is 6.24. The van der Waals surface area contributed by atoms with Gasteiger partial charge in [0, 0.05) is 11.7 Å². The van der Waals surface area contributed by atoms with E-state index in [0.29, 0.717) is 12.5 Å². The predicted octanol–water partition coefficient (Wildman–Crippen LogP) is 1.45. The molecule has 5 heteroatoms. The summed E-state index contributed by atoms with van der Waals surface area (Å²) in [5.74, 6) is 0.523. The topological polar surface area (TPSA) is 62.6 Å². The first-order valence-electron chi connectivity index (χ1n) is 9.33. The zero-order valence-corrected chi connectivity index (χ0v) is 15.9. The first-order chi connectivity index (χ1) is 11.9. The summed E-state index contributed by atoms with van der Waals surface area (Å²) in [6.45, 7) is 6.78. The van der Waals surface area contributed by atoms with E-state index in [1.165, 1.54) is 19.3 Å². The molecule has 2 rings (SSSR count). The lowest BCUT2D eigenvalue weighted by Gasteiger charge is -2.29. The van der Waals surface area contributed by atoms with Crippen LogP contribution in [0.1, 0.15) is 43.7 Å². The van der Waals surface area contributed by atoms with Gasteiger partial charge in [-0.2, -0.15) is 0 Å². The fourth-order valence-electron chi connectivity index (χ4n) is 3.59. The molecule has 0 aliphatic heterocycles. The Kier molecular flexibility index (Phi) is 7.00. The number of benzene rings is 1. The molecular weight excluding hydrogens is 314 g/mol. The third-order valence-corrected chi connectivity index (χ3v) is 5.13. The number of rotatable bonds is 6. The summed E-state index contributed by atoms with van der Waals surface area (Å²) in [5.41, 5.74) is 2.98. The molecule has 0 spiro atoms. The molecule has 1 unspecified atom stereocenters. The van der Waals surface area contributed by atoms with E-state index in [2.05, 4.69) is 17.6 Å². The first-order valence-corrected chi connectivity index (χ1v) is 9.33. The van der Waals surface area contributed by atoms with Gasteiger partial charge in [0.05, 0.1) is 7.05 Å². The molecule has 2 amide bonds. The van der Waals surface area contributed by atoms with E-state index in [4.69, 9.17) is 0 Å². The van der Waals surface area contributed by atoms with E-state index < -0.39 is 0 Å². The summed E-state index contributed by atoms with van der Waals surface area (Å²) in [6.07, 6.45) is 4.71. The summed E-state index contributed by atoms with van der Waals surface area (Å²) >= 11 is 0. The van der Waals surface area contributed by atoms with Gasteiger partial charge in [-0.3, -0.25) is 9.59 Å². The SMILES string of the molecule is Cc1cccc(C)c1NC(=O)C[NH+](C)CC(=O)N[C@H]1CCCC[C@@H]1C. The second-order valence-electron chi connectivity index (χ2n) is 7.56. The van der Waals surface area contributed by atoms with Crippen LogP contribution in [-0.4, -0.2) is 38.0 Å². The smallest absolute Gasteiger partial charge is 0.279 e. The average molecular weight is 346 g/mol. The van der Waals surface area contributed by atoms with Gasteiger partial charge in [0.1, 0.15) is 0 Å². The molecule has 3 N–H and O–H groups in total. The monoisotopic (exact) mass is 346 g/mol. The predicted molar refractivity (Wildman–Crippen MR) is 101 cm³/mol. The number of para-hydroxylation sites is 1. The number of hydrogen-bond donors (Lipinski definition) is 3. The Labute approximate surface area is 151 Å². The van der Waals surface area contributed by atoms with Crippen molar-refractivity contribution in [2.75, 3.05) is 25.5 Å².